The third-order valence-corrected chi connectivity index (χ3v) is 4.37. The highest BCUT2D eigenvalue weighted by atomic mass is 32.2. The third kappa shape index (κ3) is 2.34. The van der Waals surface area contributed by atoms with Crippen molar-refractivity contribution in [3.8, 4) is 0 Å². The second kappa shape index (κ2) is 5.13. The number of nitro benzene ring substituents is 1. The molecule has 0 saturated heterocycles. The van der Waals surface area contributed by atoms with E-state index in [2.05, 4.69) is 5.32 Å². The Bertz CT molecular complexity index is 678. The molecule has 0 spiro atoms. The number of nitrogens with one attached hydrogen (secondary N) is 1. The van der Waals surface area contributed by atoms with Crippen molar-refractivity contribution >= 4 is 23.1 Å². The zero-order valence-corrected chi connectivity index (χ0v) is 11.2. The van der Waals surface area contributed by atoms with Gasteiger partial charge in [-0.25, -0.2) is 4.39 Å². The van der Waals surface area contributed by atoms with Gasteiger partial charge in [-0.05, 0) is 17.7 Å². The number of non-ortho nitro benzene ring substituents is 1. The summed E-state index contributed by atoms with van der Waals surface area (Å²) >= 11 is 1.69. The highest BCUT2D eigenvalue weighted by Crippen LogP contribution is 2.40. The maximum absolute atomic E-state index is 13.8. The number of benzene rings is 2. The molecule has 0 bridgehead atoms. The molecule has 102 valence electrons. The number of halogens is 1. The molecular weight excluding hydrogens is 279 g/mol. The summed E-state index contributed by atoms with van der Waals surface area (Å²) in [6, 6.07) is 11.4. The van der Waals surface area contributed by atoms with E-state index in [1.807, 2.05) is 24.3 Å². The number of thioether (sulfide) groups is 1. The van der Waals surface area contributed by atoms with Crippen molar-refractivity contribution in [3.05, 3.63) is 64.0 Å². The number of nitrogens with zero attached hydrogens (tertiary/aromatic N) is 1. The zero-order chi connectivity index (χ0) is 14.1. The summed E-state index contributed by atoms with van der Waals surface area (Å²) in [7, 11) is 0. The lowest BCUT2D eigenvalue weighted by Crippen LogP contribution is -2.11. The van der Waals surface area contributed by atoms with Crippen LogP contribution in [0, 0.1) is 15.9 Å². The van der Waals surface area contributed by atoms with Crippen LogP contribution in [-0.2, 0) is 0 Å². The van der Waals surface area contributed by atoms with Crippen LogP contribution in [0.5, 0.6) is 0 Å². The minimum atomic E-state index is -0.526. The van der Waals surface area contributed by atoms with Crippen LogP contribution < -0.4 is 5.32 Å². The van der Waals surface area contributed by atoms with Crippen molar-refractivity contribution in [3.63, 3.8) is 0 Å². The van der Waals surface area contributed by atoms with Crippen LogP contribution in [0.3, 0.4) is 0 Å². The monoisotopic (exact) mass is 290 g/mol. The predicted octanol–water partition coefficient (Wildman–Crippen LogP) is 3.99. The van der Waals surface area contributed by atoms with E-state index in [0.717, 1.165) is 28.3 Å². The number of anilines is 1. The largest absolute Gasteiger partial charge is 0.375 e. The number of nitro groups is 1. The first kappa shape index (κ1) is 12.9. The molecule has 0 amide bonds. The normalized spacial score (nSPS) is 16.8. The SMILES string of the molecule is O=[N+]([O-])c1ccc(F)c(NC2CSc3ccccc32)c1. The van der Waals surface area contributed by atoms with Gasteiger partial charge in [-0.15, -0.1) is 11.8 Å². The van der Waals surface area contributed by atoms with Gasteiger partial charge in [0.25, 0.3) is 5.69 Å². The Kier molecular flexibility index (Phi) is 3.31. The van der Waals surface area contributed by atoms with Gasteiger partial charge in [-0.3, -0.25) is 10.1 Å². The molecule has 3 rings (SSSR count). The molecule has 1 unspecified atom stereocenters. The lowest BCUT2D eigenvalue weighted by Gasteiger charge is -2.15. The van der Waals surface area contributed by atoms with Gasteiger partial charge in [0.15, 0.2) is 0 Å². The molecular formula is C14H11FN2O2S. The third-order valence-electron chi connectivity index (χ3n) is 3.19. The second-order valence-electron chi connectivity index (χ2n) is 4.47. The summed E-state index contributed by atoms with van der Waals surface area (Å²) in [4.78, 5) is 11.4. The van der Waals surface area contributed by atoms with Crippen molar-refractivity contribution in [2.45, 2.75) is 10.9 Å². The average Bonchev–Trinajstić information content (AvgIpc) is 2.84. The number of fused-ring (bicyclic) bond motifs is 1. The molecule has 0 aliphatic carbocycles. The summed E-state index contributed by atoms with van der Waals surface area (Å²) in [6.45, 7) is 0. The van der Waals surface area contributed by atoms with Gasteiger partial charge in [0.05, 0.1) is 16.7 Å². The van der Waals surface area contributed by atoms with E-state index in [-0.39, 0.29) is 17.4 Å². The molecule has 0 fully saturated rings. The first-order valence-corrected chi connectivity index (χ1v) is 7.06. The summed E-state index contributed by atoms with van der Waals surface area (Å²) in [6.07, 6.45) is 0. The lowest BCUT2D eigenvalue weighted by molar-refractivity contribution is -0.384. The van der Waals surface area contributed by atoms with Gasteiger partial charge in [-0.1, -0.05) is 18.2 Å². The van der Waals surface area contributed by atoms with Crippen LogP contribution in [0.25, 0.3) is 0 Å². The minimum Gasteiger partial charge on any atom is -0.375 e. The van der Waals surface area contributed by atoms with Gasteiger partial charge in [0.1, 0.15) is 5.82 Å². The molecule has 6 heteroatoms. The van der Waals surface area contributed by atoms with E-state index >= 15 is 0 Å². The topological polar surface area (TPSA) is 55.2 Å². The molecule has 2 aromatic carbocycles. The maximum atomic E-state index is 13.8. The van der Waals surface area contributed by atoms with E-state index in [1.165, 1.54) is 6.07 Å². The highest BCUT2D eigenvalue weighted by molar-refractivity contribution is 7.99. The molecule has 1 N–H and O–H groups in total. The van der Waals surface area contributed by atoms with Gasteiger partial charge in [0.2, 0.25) is 0 Å². The Morgan fingerprint density at radius 2 is 2.10 bits per heavy atom. The molecule has 1 aliphatic rings. The summed E-state index contributed by atoms with van der Waals surface area (Å²) in [5.74, 6) is 0.298. The van der Waals surface area contributed by atoms with Crippen LogP contribution in [0.1, 0.15) is 11.6 Å². The first-order chi connectivity index (χ1) is 9.65. The fourth-order valence-corrected chi connectivity index (χ4v) is 3.37. The summed E-state index contributed by atoms with van der Waals surface area (Å²) < 4.78 is 13.8. The Morgan fingerprint density at radius 1 is 1.30 bits per heavy atom. The van der Waals surface area contributed by atoms with Crippen LogP contribution in [-0.4, -0.2) is 10.7 Å². The smallest absolute Gasteiger partial charge is 0.271 e. The van der Waals surface area contributed by atoms with Crippen LogP contribution >= 0.6 is 11.8 Å². The fourth-order valence-electron chi connectivity index (χ4n) is 2.21. The quantitative estimate of drug-likeness (QED) is 0.686. The molecule has 0 aromatic heterocycles. The van der Waals surface area contributed by atoms with E-state index in [4.69, 9.17) is 0 Å². The maximum Gasteiger partial charge on any atom is 0.271 e. The second-order valence-corrected chi connectivity index (χ2v) is 5.53. The van der Waals surface area contributed by atoms with Crippen LogP contribution in [0.2, 0.25) is 0 Å². The molecule has 0 radical (unpaired) electrons. The Morgan fingerprint density at radius 3 is 2.90 bits per heavy atom. The Balaban J connectivity index is 1.89. The first-order valence-electron chi connectivity index (χ1n) is 6.07. The molecule has 0 saturated carbocycles. The Labute approximate surface area is 119 Å². The van der Waals surface area contributed by atoms with E-state index in [0.29, 0.717) is 0 Å². The van der Waals surface area contributed by atoms with Gasteiger partial charge in [0, 0.05) is 22.8 Å². The van der Waals surface area contributed by atoms with Gasteiger partial charge >= 0.3 is 0 Å². The standard InChI is InChI=1S/C14H11FN2O2S/c15-11-6-5-9(17(18)19)7-12(11)16-13-8-20-14-4-2-1-3-10(13)14/h1-7,13,16H,8H2. The van der Waals surface area contributed by atoms with Crippen LogP contribution in [0.4, 0.5) is 15.8 Å². The molecule has 1 aliphatic heterocycles. The van der Waals surface area contributed by atoms with Gasteiger partial charge < -0.3 is 5.32 Å². The number of rotatable bonds is 3. The van der Waals surface area contributed by atoms with Gasteiger partial charge in [-0.2, -0.15) is 0 Å². The van der Waals surface area contributed by atoms with E-state index < -0.39 is 10.7 Å². The van der Waals surface area contributed by atoms with Crippen molar-refractivity contribution in [1.82, 2.24) is 0 Å². The fraction of sp³-hybridized carbons (Fsp3) is 0.143. The molecule has 1 heterocycles. The summed E-state index contributed by atoms with van der Waals surface area (Å²) in [5, 5.41) is 13.8. The molecule has 4 nitrogen and oxygen atoms in total. The molecule has 20 heavy (non-hydrogen) atoms. The molecule has 1 atom stereocenters. The summed E-state index contributed by atoms with van der Waals surface area (Å²) in [5.41, 5.74) is 1.15. The average molecular weight is 290 g/mol. The van der Waals surface area contributed by atoms with Crippen molar-refractivity contribution in [1.29, 1.82) is 0 Å². The highest BCUT2D eigenvalue weighted by Gasteiger charge is 2.24. The van der Waals surface area contributed by atoms with Crippen LogP contribution in [0.15, 0.2) is 47.4 Å². The van der Waals surface area contributed by atoms with Crippen molar-refractivity contribution in [2.24, 2.45) is 0 Å². The van der Waals surface area contributed by atoms with E-state index in [9.17, 15) is 14.5 Å². The molecule has 2 aromatic rings. The number of hydrogen-bond acceptors (Lipinski definition) is 4. The van der Waals surface area contributed by atoms with E-state index in [1.54, 1.807) is 11.8 Å². The minimum absolute atomic E-state index is 0.0345. The zero-order valence-electron chi connectivity index (χ0n) is 10.4. The lowest BCUT2D eigenvalue weighted by atomic mass is 10.1. The van der Waals surface area contributed by atoms with Crippen molar-refractivity contribution in [2.75, 3.05) is 11.1 Å². The Hall–Kier alpha value is -2.08. The number of hydrogen-bond donors (Lipinski definition) is 1. The predicted molar refractivity (Wildman–Crippen MR) is 76.6 cm³/mol. The van der Waals surface area contributed by atoms with Crippen molar-refractivity contribution < 1.29 is 9.31 Å².